The second kappa shape index (κ2) is 6.85. The quantitative estimate of drug-likeness (QED) is 0.580. The summed E-state index contributed by atoms with van der Waals surface area (Å²) in [5, 5.41) is 2.96. The number of rotatable bonds is 5. The van der Waals surface area contributed by atoms with E-state index >= 15 is 0 Å². The lowest BCUT2D eigenvalue weighted by Crippen LogP contribution is -2.34. The SMILES string of the molecule is Cc1cc(NN)c(C(=O)NC(C)Cc2ccccc2)cn1. The van der Waals surface area contributed by atoms with Crippen molar-refractivity contribution in [3.8, 4) is 0 Å². The van der Waals surface area contributed by atoms with Crippen LogP contribution in [0.1, 0.15) is 28.5 Å². The Morgan fingerprint density at radius 1 is 1.33 bits per heavy atom. The van der Waals surface area contributed by atoms with Crippen LogP contribution in [0.3, 0.4) is 0 Å². The number of nitrogens with one attached hydrogen (secondary N) is 2. The zero-order valence-electron chi connectivity index (χ0n) is 12.3. The number of amides is 1. The minimum atomic E-state index is -0.182. The fourth-order valence-corrected chi connectivity index (χ4v) is 2.18. The molecule has 21 heavy (non-hydrogen) atoms. The van der Waals surface area contributed by atoms with Gasteiger partial charge in [-0.15, -0.1) is 0 Å². The molecule has 110 valence electrons. The van der Waals surface area contributed by atoms with Crippen molar-refractivity contribution in [1.82, 2.24) is 10.3 Å². The molecule has 0 aliphatic heterocycles. The summed E-state index contributed by atoms with van der Waals surface area (Å²) in [4.78, 5) is 16.4. The van der Waals surface area contributed by atoms with Gasteiger partial charge in [0, 0.05) is 17.9 Å². The highest BCUT2D eigenvalue weighted by atomic mass is 16.1. The number of hydrazine groups is 1. The Labute approximate surface area is 124 Å². The molecule has 0 radical (unpaired) electrons. The Bertz CT molecular complexity index is 613. The molecule has 0 bridgehead atoms. The lowest BCUT2D eigenvalue weighted by atomic mass is 10.1. The highest BCUT2D eigenvalue weighted by Crippen LogP contribution is 2.14. The number of nitrogens with two attached hydrogens (primary N) is 1. The number of carbonyl (C=O) groups excluding carboxylic acids is 1. The molecule has 1 atom stereocenters. The van der Waals surface area contributed by atoms with Gasteiger partial charge in [0.2, 0.25) is 0 Å². The molecular formula is C16H20N4O. The lowest BCUT2D eigenvalue weighted by Gasteiger charge is -2.15. The summed E-state index contributed by atoms with van der Waals surface area (Å²) in [6, 6.07) is 11.8. The standard InChI is InChI=1S/C16H20N4O/c1-11-9-15(20-17)14(10-18-11)16(21)19-12(2)8-13-6-4-3-5-7-13/h3-7,9-10,12H,8,17H2,1-2H3,(H,18,20)(H,19,21). The minimum Gasteiger partial charge on any atom is -0.349 e. The number of pyridine rings is 1. The van der Waals surface area contributed by atoms with Crippen molar-refractivity contribution in [2.45, 2.75) is 26.3 Å². The molecule has 0 aliphatic carbocycles. The Morgan fingerprint density at radius 2 is 2.05 bits per heavy atom. The first kappa shape index (κ1) is 15.0. The minimum absolute atomic E-state index is 0.0202. The molecule has 5 heteroatoms. The molecule has 0 fully saturated rings. The van der Waals surface area contributed by atoms with Crippen molar-refractivity contribution >= 4 is 11.6 Å². The molecule has 1 heterocycles. The van der Waals surface area contributed by atoms with Crippen LogP contribution in [-0.2, 0) is 6.42 Å². The van der Waals surface area contributed by atoms with Crippen molar-refractivity contribution in [3.05, 3.63) is 59.4 Å². The third-order valence-corrected chi connectivity index (χ3v) is 3.20. The van der Waals surface area contributed by atoms with E-state index < -0.39 is 0 Å². The number of hydrogen-bond donors (Lipinski definition) is 3. The van der Waals surface area contributed by atoms with E-state index in [4.69, 9.17) is 5.84 Å². The fraction of sp³-hybridized carbons (Fsp3) is 0.250. The Kier molecular flexibility index (Phi) is 4.90. The van der Waals surface area contributed by atoms with Crippen molar-refractivity contribution in [2.75, 3.05) is 5.43 Å². The molecule has 1 amide bonds. The molecule has 5 nitrogen and oxygen atoms in total. The Balaban J connectivity index is 2.04. The number of anilines is 1. The van der Waals surface area contributed by atoms with Crippen LogP contribution >= 0.6 is 0 Å². The van der Waals surface area contributed by atoms with E-state index in [2.05, 4.69) is 15.7 Å². The van der Waals surface area contributed by atoms with Crippen molar-refractivity contribution in [3.63, 3.8) is 0 Å². The first-order valence-electron chi connectivity index (χ1n) is 6.88. The molecule has 1 aromatic heterocycles. The van der Waals surface area contributed by atoms with Gasteiger partial charge in [0.25, 0.3) is 5.91 Å². The monoisotopic (exact) mass is 284 g/mol. The van der Waals surface area contributed by atoms with Gasteiger partial charge in [-0.25, -0.2) is 0 Å². The number of aromatic nitrogens is 1. The number of nitrogen functional groups attached to an aromatic ring is 1. The topological polar surface area (TPSA) is 80.0 Å². The van der Waals surface area contributed by atoms with Gasteiger partial charge >= 0.3 is 0 Å². The van der Waals surface area contributed by atoms with Crippen LogP contribution in [0.4, 0.5) is 5.69 Å². The lowest BCUT2D eigenvalue weighted by molar-refractivity contribution is 0.0940. The third-order valence-electron chi connectivity index (χ3n) is 3.20. The second-order valence-corrected chi connectivity index (χ2v) is 5.08. The molecule has 0 saturated heterocycles. The van der Waals surface area contributed by atoms with Crippen LogP contribution in [0.5, 0.6) is 0 Å². The van der Waals surface area contributed by atoms with Crippen molar-refractivity contribution in [1.29, 1.82) is 0 Å². The summed E-state index contributed by atoms with van der Waals surface area (Å²) in [6.45, 7) is 3.82. The molecule has 0 aliphatic rings. The van der Waals surface area contributed by atoms with Gasteiger partial charge in [0.1, 0.15) is 0 Å². The van der Waals surface area contributed by atoms with Gasteiger partial charge in [0.15, 0.2) is 0 Å². The van der Waals surface area contributed by atoms with Crippen LogP contribution in [0.15, 0.2) is 42.6 Å². The second-order valence-electron chi connectivity index (χ2n) is 5.08. The highest BCUT2D eigenvalue weighted by molar-refractivity contribution is 5.99. The number of benzene rings is 1. The van der Waals surface area contributed by atoms with Gasteiger partial charge in [-0.1, -0.05) is 30.3 Å². The number of carbonyl (C=O) groups is 1. The maximum atomic E-state index is 12.3. The van der Waals surface area contributed by atoms with Gasteiger partial charge in [0.05, 0.1) is 11.3 Å². The van der Waals surface area contributed by atoms with E-state index in [1.807, 2.05) is 44.2 Å². The molecule has 4 N–H and O–H groups in total. The van der Waals surface area contributed by atoms with E-state index in [9.17, 15) is 4.79 Å². The van der Waals surface area contributed by atoms with E-state index in [1.54, 1.807) is 6.07 Å². The molecule has 0 spiro atoms. The maximum absolute atomic E-state index is 12.3. The molecule has 2 aromatic rings. The van der Waals surface area contributed by atoms with E-state index in [0.29, 0.717) is 11.3 Å². The number of nitrogens with zero attached hydrogens (tertiary/aromatic N) is 1. The average Bonchev–Trinajstić information content (AvgIpc) is 2.47. The Hall–Kier alpha value is -2.40. The van der Waals surface area contributed by atoms with Crippen LogP contribution in [0.2, 0.25) is 0 Å². The van der Waals surface area contributed by atoms with Gasteiger partial charge < -0.3 is 10.7 Å². The molecule has 2 rings (SSSR count). The predicted molar refractivity (Wildman–Crippen MR) is 83.9 cm³/mol. The molecule has 1 unspecified atom stereocenters. The summed E-state index contributed by atoms with van der Waals surface area (Å²) >= 11 is 0. The van der Waals surface area contributed by atoms with Crippen LogP contribution in [0.25, 0.3) is 0 Å². The summed E-state index contributed by atoms with van der Waals surface area (Å²) in [5.41, 5.74) is 5.55. The first-order valence-corrected chi connectivity index (χ1v) is 6.88. The average molecular weight is 284 g/mol. The van der Waals surface area contributed by atoms with Gasteiger partial charge in [-0.3, -0.25) is 15.6 Å². The highest BCUT2D eigenvalue weighted by Gasteiger charge is 2.14. The maximum Gasteiger partial charge on any atom is 0.255 e. The normalized spacial score (nSPS) is 11.8. The summed E-state index contributed by atoms with van der Waals surface area (Å²) in [7, 11) is 0. The van der Waals surface area contributed by atoms with Gasteiger partial charge in [-0.05, 0) is 31.9 Å². The molecule has 0 saturated carbocycles. The summed E-state index contributed by atoms with van der Waals surface area (Å²) < 4.78 is 0. The summed E-state index contributed by atoms with van der Waals surface area (Å²) in [6.07, 6.45) is 2.31. The van der Waals surface area contributed by atoms with Crippen LogP contribution in [-0.4, -0.2) is 16.9 Å². The number of hydrogen-bond acceptors (Lipinski definition) is 4. The molecular weight excluding hydrogens is 264 g/mol. The van der Waals surface area contributed by atoms with Crippen molar-refractivity contribution in [2.24, 2.45) is 5.84 Å². The smallest absolute Gasteiger partial charge is 0.255 e. The number of aryl methyl sites for hydroxylation is 1. The molecule has 1 aromatic carbocycles. The van der Waals surface area contributed by atoms with Crippen molar-refractivity contribution < 1.29 is 4.79 Å². The summed E-state index contributed by atoms with van der Waals surface area (Å²) in [5.74, 6) is 5.27. The Morgan fingerprint density at radius 3 is 2.71 bits per heavy atom. The van der Waals surface area contributed by atoms with E-state index in [-0.39, 0.29) is 11.9 Å². The predicted octanol–water partition coefficient (Wildman–Crippen LogP) is 2.04. The largest absolute Gasteiger partial charge is 0.349 e. The van der Waals surface area contributed by atoms with E-state index in [0.717, 1.165) is 12.1 Å². The fourth-order valence-electron chi connectivity index (χ4n) is 2.18. The van der Waals surface area contributed by atoms with E-state index in [1.165, 1.54) is 11.8 Å². The third kappa shape index (κ3) is 4.03. The van der Waals surface area contributed by atoms with Crippen LogP contribution < -0.4 is 16.6 Å². The van der Waals surface area contributed by atoms with Gasteiger partial charge in [-0.2, -0.15) is 0 Å². The zero-order chi connectivity index (χ0) is 15.2. The zero-order valence-corrected chi connectivity index (χ0v) is 12.3. The van der Waals surface area contributed by atoms with Crippen LogP contribution in [0, 0.1) is 6.92 Å². The first-order chi connectivity index (χ1) is 10.1.